The molecular weight excluding hydrogens is 1490 g/mol. The summed E-state index contributed by atoms with van der Waals surface area (Å²) in [5.74, 6) is 0. The van der Waals surface area contributed by atoms with Gasteiger partial charge in [-0.2, -0.15) is 0 Å². The molecular formula is C124H170. The second-order valence-corrected chi connectivity index (χ2v) is 39.9. The minimum absolute atomic E-state index is 0.0145. The normalized spacial score (nSPS) is 14.5. The van der Waals surface area contributed by atoms with Crippen molar-refractivity contribution < 1.29 is 0 Å². The van der Waals surface area contributed by atoms with Gasteiger partial charge in [0.1, 0.15) is 0 Å². The molecule has 4 aliphatic rings. The fourth-order valence-corrected chi connectivity index (χ4v) is 23.7. The van der Waals surface area contributed by atoms with E-state index in [2.05, 4.69) is 256 Å². The van der Waals surface area contributed by atoms with E-state index in [4.69, 9.17) is 0 Å². The summed E-state index contributed by atoms with van der Waals surface area (Å²) in [7, 11) is 0. The third kappa shape index (κ3) is 24.2. The Balaban J connectivity index is 0.883. The monoisotopic (exact) mass is 1660 g/mol. The number of hydrogen-bond donors (Lipinski definition) is 0. The zero-order chi connectivity index (χ0) is 86.5. The van der Waals surface area contributed by atoms with Crippen molar-refractivity contribution in [2.24, 2.45) is 0 Å². The maximum Gasteiger partial charge on any atom is 0.0215 e. The van der Waals surface area contributed by atoms with E-state index in [1.165, 1.54) is 443 Å². The highest BCUT2D eigenvalue weighted by Gasteiger charge is 2.47. The lowest BCUT2D eigenvalue weighted by Gasteiger charge is -2.33. The molecule has 0 heteroatoms. The van der Waals surface area contributed by atoms with Gasteiger partial charge in [-0.3, -0.25) is 0 Å². The first-order chi connectivity index (χ1) is 61.1. The molecule has 0 aliphatic heterocycles. The predicted octanol–water partition coefficient (Wildman–Crippen LogP) is 39.9. The average molecular weight is 1660 g/mol. The van der Waals surface area contributed by atoms with E-state index in [1.54, 1.807) is 44.5 Å². The van der Waals surface area contributed by atoms with E-state index in [-0.39, 0.29) is 21.7 Å². The van der Waals surface area contributed by atoms with Crippen molar-refractivity contribution in [3.05, 3.63) is 242 Å². The molecule has 124 heavy (non-hydrogen) atoms. The van der Waals surface area contributed by atoms with Gasteiger partial charge in [0.25, 0.3) is 0 Å². The molecule has 0 saturated heterocycles. The fraction of sp³-hybridized carbons (Fsp3) is 0.548. The van der Waals surface area contributed by atoms with E-state index in [0.29, 0.717) is 0 Å². The van der Waals surface area contributed by atoms with Crippen LogP contribution in [0.15, 0.2) is 158 Å². The highest BCUT2D eigenvalue weighted by Crippen LogP contribution is 2.60. The molecule has 0 heterocycles. The van der Waals surface area contributed by atoms with Gasteiger partial charge in [0.15, 0.2) is 0 Å². The quantitative estimate of drug-likeness (QED) is 0.0263. The van der Waals surface area contributed by atoms with Crippen LogP contribution in [0.5, 0.6) is 0 Å². The first kappa shape index (κ1) is 95.8. The van der Waals surface area contributed by atoms with Gasteiger partial charge in [0.2, 0.25) is 0 Å². The van der Waals surface area contributed by atoms with Gasteiger partial charge in [-0.25, -0.2) is 0 Å². The van der Waals surface area contributed by atoms with Crippen LogP contribution in [0.25, 0.3) is 87.0 Å². The Morgan fingerprint density at radius 1 is 0.169 bits per heavy atom. The first-order valence-corrected chi connectivity index (χ1v) is 52.9. The fourth-order valence-electron chi connectivity index (χ4n) is 23.7. The summed E-state index contributed by atoms with van der Waals surface area (Å²) in [6.07, 6.45) is 90.4. The molecule has 666 valence electrons. The molecule has 12 rings (SSSR count). The van der Waals surface area contributed by atoms with E-state index < -0.39 is 0 Å². The van der Waals surface area contributed by atoms with Crippen LogP contribution < -0.4 is 0 Å². The van der Waals surface area contributed by atoms with Gasteiger partial charge in [0.05, 0.1) is 0 Å². The highest BCUT2D eigenvalue weighted by molar-refractivity contribution is 5.90. The minimum atomic E-state index is -0.0518. The number of unbranched alkanes of at least 4 members (excludes halogenated alkanes) is 40. The maximum absolute atomic E-state index is 4.31. The molecule has 0 N–H and O–H groups in total. The number of benzene rings is 8. The molecule has 0 nitrogen and oxygen atoms in total. The minimum Gasteiger partial charge on any atom is -0.0985 e. The van der Waals surface area contributed by atoms with Crippen LogP contribution in [-0.4, -0.2) is 0 Å². The van der Waals surface area contributed by atoms with Crippen LogP contribution >= 0.6 is 0 Å². The Morgan fingerprint density at radius 3 is 0.516 bits per heavy atom. The molecule has 0 amide bonds. The molecule has 0 spiro atoms. The Hall–Kier alpha value is -7.28. The summed E-state index contributed by atoms with van der Waals surface area (Å²) < 4.78 is 0. The topological polar surface area (TPSA) is 0 Å². The van der Waals surface area contributed by atoms with Crippen LogP contribution in [0.1, 0.15) is 498 Å². The van der Waals surface area contributed by atoms with Crippen LogP contribution in [-0.2, 0) is 21.7 Å². The second-order valence-electron chi connectivity index (χ2n) is 39.9. The average Bonchev–Trinajstić information content (AvgIpc) is 1.56. The summed E-state index contributed by atoms with van der Waals surface area (Å²) in [6, 6.07) is 63.0. The molecule has 0 fully saturated rings. The third-order valence-electron chi connectivity index (χ3n) is 30.8. The summed E-state index contributed by atoms with van der Waals surface area (Å²) >= 11 is 0. The lowest BCUT2D eigenvalue weighted by atomic mass is 9.70. The standard InChI is InChI=1S/C124H170/c1-10-19-27-35-43-53-83-121(84-54-44-36-28-20-11-2)113-62-52-51-61-105(113)106-77-70-99(92-115(106)121)63-64-101-72-79-109-110-81-74-103(96-119(110)123(117(109)94-101,87-57-47-39-31-23-14-5)88-58-48-40-32-24-15-6)67-68-104-75-82-112-111-80-73-102(95-118(111)124(120(112)97-104,89-59-49-41-33-25-16-7)90-60-50-42-34-26-17-8)66-65-100-71-78-108-107-76-69-98(18-9)91-114(107)122(116(108)93-100,85-55-45-37-29-21-12-3)86-56-46-38-30-22-13-4/h18,51-52,61-82,91-97H,9-17,19-50,53-60,83-90H2,1-8H3/b64-63+,66-65+,68-67+. The molecule has 0 saturated carbocycles. The summed E-state index contributed by atoms with van der Waals surface area (Å²) in [4.78, 5) is 0. The smallest absolute Gasteiger partial charge is 0.0215 e. The Bertz CT molecular complexity index is 4570. The van der Waals surface area contributed by atoms with Crippen LogP contribution in [0.3, 0.4) is 0 Å². The predicted molar refractivity (Wildman–Crippen MR) is 551 cm³/mol. The Kier molecular flexibility index (Phi) is 39.0. The SMILES string of the molecule is C=Cc1ccc2c(c1)C(CCCCCCCC)(CCCCCCCC)c1cc(/C=C/c3ccc4c(c3)C(CCCCCCCC)(CCCCCCCC)c3cc(/C=C/c5ccc6c(c5)C(CCCCCCCC)(CCCCCCCC)c5cc(/C=C/c7ccc8c(c7)C(CCCCCCCC)(CCCCCCCC)c7ccccc7-8)ccc5-6)ccc3-4)ccc1-2. The zero-order valence-corrected chi connectivity index (χ0v) is 80.3. The molecule has 0 atom stereocenters. The maximum atomic E-state index is 4.31. The van der Waals surface area contributed by atoms with Crippen LogP contribution in [0, 0.1) is 0 Å². The van der Waals surface area contributed by atoms with Crippen LogP contribution in [0.4, 0.5) is 0 Å². The lowest BCUT2D eigenvalue weighted by molar-refractivity contribution is 0.397. The van der Waals surface area contributed by atoms with Crippen molar-refractivity contribution in [1.29, 1.82) is 0 Å². The summed E-state index contributed by atoms with van der Waals surface area (Å²) in [6.45, 7) is 23.2. The second kappa shape index (κ2) is 50.5. The molecule has 8 aromatic rings. The first-order valence-electron chi connectivity index (χ1n) is 52.9. The zero-order valence-electron chi connectivity index (χ0n) is 80.3. The van der Waals surface area contributed by atoms with Crippen molar-refractivity contribution in [1.82, 2.24) is 0 Å². The van der Waals surface area contributed by atoms with Gasteiger partial charge in [-0.05, 0) is 179 Å². The highest BCUT2D eigenvalue weighted by atomic mass is 14.5. The van der Waals surface area contributed by atoms with Crippen molar-refractivity contribution in [3.63, 3.8) is 0 Å². The van der Waals surface area contributed by atoms with E-state index in [0.717, 1.165) is 0 Å². The van der Waals surface area contributed by atoms with E-state index in [1.807, 2.05) is 0 Å². The lowest BCUT2D eigenvalue weighted by Crippen LogP contribution is -2.26. The Morgan fingerprint density at radius 2 is 0.323 bits per heavy atom. The van der Waals surface area contributed by atoms with Crippen molar-refractivity contribution in [3.8, 4) is 44.5 Å². The van der Waals surface area contributed by atoms with E-state index in [9.17, 15) is 0 Å². The van der Waals surface area contributed by atoms with Crippen molar-refractivity contribution in [2.75, 3.05) is 0 Å². The molecule has 0 radical (unpaired) electrons. The van der Waals surface area contributed by atoms with Gasteiger partial charge in [-0.15, -0.1) is 0 Å². The van der Waals surface area contributed by atoms with Crippen molar-refractivity contribution in [2.45, 2.75) is 437 Å². The molecule has 0 bridgehead atoms. The molecule has 0 unspecified atom stereocenters. The van der Waals surface area contributed by atoms with E-state index >= 15 is 0 Å². The molecule has 8 aromatic carbocycles. The number of rotatable bonds is 63. The van der Waals surface area contributed by atoms with Crippen LogP contribution in [0.2, 0.25) is 0 Å². The summed E-state index contributed by atoms with van der Waals surface area (Å²) in [5, 5.41) is 0. The van der Waals surface area contributed by atoms with Gasteiger partial charge in [-0.1, -0.05) is 564 Å². The summed E-state index contributed by atoms with van der Waals surface area (Å²) in [5.41, 5.74) is 33.8. The number of fused-ring (bicyclic) bond motifs is 12. The number of hydrogen-bond acceptors (Lipinski definition) is 0. The van der Waals surface area contributed by atoms with Gasteiger partial charge < -0.3 is 0 Å². The largest absolute Gasteiger partial charge is 0.0985 e. The molecule has 4 aliphatic carbocycles. The van der Waals surface area contributed by atoms with Crippen molar-refractivity contribution >= 4 is 42.5 Å². The third-order valence-corrected chi connectivity index (χ3v) is 30.8. The van der Waals surface area contributed by atoms with Gasteiger partial charge >= 0.3 is 0 Å². The van der Waals surface area contributed by atoms with Gasteiger partial charge in [0, 0.05) is 21.7 Å². The molecule has 0 aromatic heterocycles. The Labute approximate surface area is 760 Å².